The fourth-order valence-corrected chi connectivity index (χ4v) is 4.71. The van der Waals surface area contributed by atoms with Crippen LogP contribution in [0.4, 0.5) is 0 Å². The molecule has 0 saturated carbocycles. The summed E-state index contributed by atoms with van der Waals surface area (Å²) in [5.74, 6) is -3.52. The molecule has 0 aromatic carbocycles. The molecule has 0 aliphatic carbocycles. The third-order valence-electron chi connectivity index (χ3n) is 8.95. The topological polar surface area (TPSA) is 187 Å². The molecule has 322 valence electrons. The van der Waals surface area contributed by atoms with Crippen LogP contribution in [0.1, 0.15) is 82.6 Å². The van der Waals surface area contributed by atoms with Gasteiger partial charge in [-0.3, -0.25) is 24.0 Å². The zero-order valence-corrected chi connectivity index (χ0v) is 35.6. The molecule has 0 aromatic rings. The summed E-state index contributed by atoms with van der Waals surface area (Å²) >= 11 is 0. The number of carbonyl (C=O) groups is 5. The third-order valence-corrected chi connectivity index (χ3v) is 8.95. The number of esters is 5. The van der Waals surface area contributed by atoms with Crippen molar-refractivity contribution in [2.75, 3.05) is 113 Å². The van der Waals surface area contributed by atoms with Gasteiger partial charge in [-0.1, -0.05) is 6.92 Å². The maximum absolute atomic E-state index is 13.6. The summed E-state index contributed by atoms with van der Waals surface area (Å²) in [5, 5.41) is 0. The molecule has 0 spiro atoms. The van der Waals surface area contributed by atoms with Gasteiger partial charge < -0.3 is 52.1 Å². The van der Waals surface area contributed by atoms with E-state index in [0.29, 0.717) is 33.0 Å². The van der Waals surface area contributed by atoms with E-state index in [1.807, 2.05) is 13.8 Å². The fourth-order valence-electron chi connectivity index (χ4n) is 4.71. The van der Waals surface area contributed by atoms with E-state index < -0.39 is 70.1 Å². The van der Waals surface area contributed by atoms with Gasteiger partial charge in [0.1, 0.15) is 54.7 Å². The summed E-state index contributed by atoms with van der Waals surface area (Å²) in [7, 11) is 1.44. The molecule has 0 aromatic heterocycles. The van der Waals surface area contributed by atoms with E-state index in [2.05, 4.69) is 0 Å². The van der Waals surface area contributed by atoms with E-state index in [1.54, 1.807) is 55.4 Å². The van der Waals surface area contributed by atoms with E-state index in [0.717, 1.165) is 0 Å². The molecule has 3 atom stereocenters. The Morgan fingerprint density at radius 3 is 0.855 bits per heavy atom. The van der Waals surface area contributed by atoms with Gasteiger partial charge in [0.05, 0.1) is 45.1 Å². The Bertz CT molecular complexity index is 1140. The second-order valence-corrected chi connectivity index (χ2v) is 14.8. The summed E-state index contributed by atoms with van der Waals surface area (Å²) < 4.78 is 60.5. The van der Waals surface area contributed by atoms with Crippen molar-refractivity contribution >= 4 is 29.8 Å². The summed E-state index contributed by atoms with van der Waals surface area (Å²) in [6, 6.07) is 0. The molecule has 0 amide bonds. The standard InChI is InChI=1S/C39H70O16/c1-13-35(7,27-53-33(43)37(9,23-47-15-3)24-48-16-4)30(40)51-19-20-52-31(41)39(11,28-54-32(42)36(8,21-45-12)22-46-14-2)29-55-34(44)38(10,25-49-17-5)26-50-18-6/h13-29H2,1-12H3. The Balaban J connectivity index is 5.87. The van der Waals surface area contributed by atoms with E-state index in [-0.39, 0.29) is 65.9 Å². The van der Waals surface area contributed by atoms with Crippen LogP contribution in [0.3, 0.4) is 0 Å². The van der Waals surface area contributed by atoms with Crippen LogP contribution in [0.2, 0.25) is 0 Å². The monoisotopic (exact) mass is 794 g/mol. The highest BCUT2D eigenvalue weighted by molar-refractivity contribution is 5.81. The highest BCUT2D eigenvalue weighted by Gasteiger charge is 2.45. The van der Waals surface area contributed by atoms with Crippen molar-refractivity contribution in [3.63, 3.8) is 0 Å². The van der Waals surface area contributed by atoms with E-state index in [1.165, 1.54) is 14.0 Å². The summed E-state index contributed by atoms with van der Waals surface area (Å²) in [6.07, 6.45) is 0.276. The molecule has 0 saturated heterocycles. The van der Waals surface area contributed by atoms with Gasteiger partial charge in [0, 0.05) is 40.1 Å². The predicted octanol–water partition coefficient (Wildman–Crippen LogP) is 3.97. The third kappa shape index (κ3) is 17.4. The molecule has 0 aliphatic heterocycles. The summed E-state index contributed by atoms with van der Waals surface area (Å²) in [4.78, 5) is 66.6. The van der Waals surface area contributed by atoms with Crippen molar-refractivity contribution in [1.29, 1.82) is 0 Å². The quantitative estimate of drug-likeness (QED) is 0.0540. The van der Waals surface area contributed by atoms with Crippen molar-refractivity contribution in [1.82, 2.24) is 0 Å². The van der Waals surface area contributed by atoms with Gasteiger partial charge in [-0.05, 0) is 75.7 Å². The van der Waals surface area contributed by atoms with Crippen LogP contribution in [-0.2, 0) is 76.1 Å². The smallest absolute Gasteiger partial charge is 0.318 e. The van der Waals surface area contributed by atoms with Crippen LogP contribution in [0, 0.1) is 27.1 Å². The number of rotatable bonds is 32. The minimum atomic E-state index is -1.69. The van der Waals surface area contributed by atoms with Gasteiger partial charge in [0.25, 0.3) is 0 Å². The Morgan fingerprint density at radius 2 is 0.582 bits per heavy atom. The molecule has 3 unspecified atom stereocenters. The molecule has 16 nitrogen and oxygen atoms in total. The highest BCUT2D eigenvalue weighted by atomic mass is 16.6. The van der Waals surface area contributed by atoms with E-state index in [9.17, 15) is 24.0 Å². The van der Waals surface area contributed by atoms with E-state index >= 15 is 0 Å². The van der Waals surface area contributed by atoms with Crippen LogP contribution in [0.25, 0.3) is 0 Å². The average Bonchev–Trinajstić information content (AvgIpc) is 3.18. The normalized spacial score (nSPS) is 15.2. The lowest BCUT2D eigenvalue weighted by Crippen LogP contribution is -2.46. The average molecular weight is 795 g/mol. The molecule has 0 rings (SSSR count). The van der Waals surface area contributed by atoms with Gasteiger partial charge in [-0.15, -0.1) is 0 Å². The molecule has 0 fully saturated rings. The number of carbonyl (C=O) groups excluding carboxylic acids is 5. The van der Waals surface area contributed by atoms with Crippen molar-refractivity contribution in [3.8, 4) is 0 Å². The minimum absolute atomic E-state index is 0.000636. The first-order valence-corrected chi connectivity index (χ1v) is 19.1. The van der Waals surface area contributed by atoms with Gasteiger partial charge in [0.15, 0.2) is 0 Å². The lowest BCUT2D eigenvalue weighted by atomic mass is 9.88. The zero-order chi connectivity index (χ0) is 42.2. The predicted molar refractivity (Wildman–Crippen MR) is 200 cm³/mol. The molecular weight excluding hydrogens is 724 g/mol. The first-order valence-electron chi connectivity index (χ1n) is 19.1. The van der Waals surface area contributed by atoms with Gasteiger partial charge in [-0.2, -0.15) is 0 Å². The highest BCUT2D eigenvalue weighted by Crippen LogP contribution is 2.29. The molecular formula is C39H70O16. The molecule has 16 heteroatoms. The van der Waals surface area contributed by atoms with Crippen LogP contribution in [-0.4, -0.2) is 143 Å². The zero-order valence-electron chi connectivity index (χ0n) is 35.6. The Hall–Kier alpha value is -2.89. The SMILES string of the molecule is CCOCC(C)(COC)C(=O)OCC(C)(COC(=O)C(C)(COCC)COCC)C(=O)OCCOC(=O)C(C)(CC)COC(=O)C(C)(COCC)COCC. The molecule has 55 heavy (non-hydrogen) atoms. The lowest BCUT2D eigenvalue weighted by molar-refractivity contribution is -0.183. The Kier molecular flexibility index (Phi) is 24.7. The largest absolute Gasteiger partial charge is 0.464 e. The first kappa shape index (κ1) is 52.1. The summed E-state index contributed by atoms with van der Waals surface area (Å²) in [6.45, 7) is 18.7. The number of hydrogen-bond acceptors (Lipinski definition) is 16. The molecule has 0 aliphatic rings. The summed E-state index contributed by atoms with van der Waals surface area (Å²) in [5.41, 5.74) is -6.36. The maximum atomic E-state index is 13.6. The Morgan fingerprint density at radius 1 is 0.345 bits per heavy atom. The molecule has 0 bridgehead atoms. The fraction of sp³-hybridized carbons (Fsp3) is 0.872. The van der Waals surface area contributed by atoms with Crippen LogP contribution in [0.5, 0.6) is 0 Å². The van der Waals surface area contributed by atoms with Crippen LogP contribution < -0.4 is 0 Å². The van der Waals surface area contributed by atoms with Crippen LogP contribution in [0.15, 0.2) is 0 Å². The maximum Gasteiger partial charge on any atom is 0.318 e. The lowest BCUT2D eigenvalue weighted by Gasteiger charge is -2.32. The first-order chi connectivity index (χ1) is 25.9. The number of hydrogen-bond donors (Lipinski definition) is 0. The van der Waals surface area contributed by atoms with Gasteiger partial charge >= 0.3 is 29.8 Å². The van der Waals surface area contributed by atoms with Crippen molar-refractivity contribution in [2.45, 2.75) is 82.6 Å². The number of methoxy groups -OCH3 is 1. The van der Waals surface area contributed by atoms with Crippen molar-refractivity contribution in [3.05, 3.63) is 0 Å². The molecule has 0 radical (unpaired) electrons. The molecule has 0 heterocycles. The van der Waals surface area contributed by atoms with Crippen molar-refractivity contribution < 1.29 is 76.1 Å². The second-order valence-electron chi connectivity index (χ2n) is 14.8. The second kappa shape index (κ2) is 26.1. The van der Waals surface area contributed by atoms with Gasteiger partial charge in [0.2, 0.25) is 0 Å². The minimum Gasteiger partial charge on any atom is -0.464 e. The van der Waals surface area contributed by atoms with Gasteiger partial charge in [-0.25, -0.2) is 0 Å². The van der Waals surface area contributed by atoms with Crippen LogP contribution >= 0.6 is 0 Å². The number of ether oxygens (including phenoxy) is 11. The van der Waals surface area contributed by atoms with Crippen molar-refractivity contribution in [2.24, 2.45) is 27.1 Å². The molecule has 0 N–H and O–H groups in total. The van der Waals surface area contributed by atoms with E-state index in [4.69, 9.17) is 52.1 Å². The Labute approximate surface area is 328 Å².